The second kappa shape index (κ2) is 3.92. The number of nitro groups is 1. The molecule has 1 aliphatic rings. The standard InChI is InChI=1S/C9H12N4O3/c1-5-7(13(14)15)8(12-9(10)11-5)16-6-3-2-4-6/h6H,2-4H2,1H3,(H2,10,11,12). The van der Waals surface area contributed by atoms with E-state index in [1.165, 1.54) is 6.92 Å². The minimum atomic E-state index is -0.539. The molecule has 0 bridgehead atoms. The second-order valence-corrected chi connectivity index (χ2v) is 3.75. The third-order valence-corrected chi connectivity index (χ3v) is 2.56. The van der Waals surface area contributed by atoms with Gasteiger partial charge in [0.25, 0.3) is 5.88 Å². The zero-order valence-electron chi connectivity index (χ0n) is 8.84. The Kier molecular flexibility index (Phi) is 2.59. The van der Waals surface area contributed by atoms with E-state index in [9.17, 15) is 10.1 Å². The topological polar surface area (TPSA) is 104 Å². The van der Waals surface area contributed by atoms with Gasteiger partial charge in [-0.1, -0.05) is 0 Å². The molecule has 86 valence electrons. The van der Waals surface area contributed by atoms with Crippen LogP contribution in [-0.4, -0.2) is 21.0 Å². The van der Waals surface area contributed by atoms with E-state index in [2.05, 4.69) is 9.97 Å². The van der Waals surface area contributed by atoms with E-state index in [1.54, 1.807) is 0 Å². The van der Waals surface area contributed by atoms with Crippen LogP contribution in [0.2, 0.25) is 0 Å². The molecule has 1 aliphatic carbocycles. The van der Waals surface area contributed by atoms with Gasteiger partial charge in [0.05, 0.1) is 4.92 Å². The minimum absolute atomic E-state index is 0.00239. The average Bonchev–Trinajstić information content (AvgIpc) is 2.09. The van der Waals surface area contributed by atoms with E-state index in [0.29, 0.717) is 0 Å². The van der Waals surface area contributed by atoms with Crippen molar-refractivity contribution in [2.24, 2.45) is 0 Å². The van der Waals surface area contributed by atoms with Crippen molar-refractivity contribution < 1.29 is 9.66 Å². The number of aromatic nitrogens is 2. The Morgan fingerprint density at radius 3 is 2.69 bits per heavy atom. The lowest BCUT2D eigenvalue weighted by atomic mass is 9.96. The van der Waals surface area contributed by atoms with Gasteiger partial charge in [-0.05, 0) is 26.2 Å². The summed E-state index contributed by atoms with van der Waals surface area (Å²) in [5.74, 6) is -0.0166. The summed E-state index contributed by atoms with van der Waals surface area (Å²) in [6.07, 6.45) is 2.91. The zero-order chi connectivity index (χ0) is 11.7. The summed E-state index contributed by atoms with van der Waals surface area (Å²) in [7, 11) is 0. The fourth-order valence-electron chi connectivity index (χ4n) is 1.50. The first-order valence-corrected chi connectivity index (χ1v) is 5.03. The fraction of sp³-hybridized carbons (Fsp3) is 0.556. The van der Waals surface area contributed by atoms with Gasteiger partial charge in [-0.15, -0.1) is 0 Å². The van der Waals surface area contributed by atoms with Crippen molar-refractivity contribution in [2.45, 2.75) is 32.3 Å². The molecule has 0 aliphatic heterocycles. The first kappa shape index (κ1) is 10.6. The van der Waals surface area contributed by atoms with Crippen LogP contribution in [0.4, 0.5) is 11.6 Å². The summed E-state index contributed by atoms with van der Waals surface area (Å²) in [6.45, 7) is 1.52. The van der Waals surface area contributed by atoms with Crippen LogP contribution in [0, 0.1) is 17.0 Å². The van der Waals surface area contributed by atoms with Crippen LogP contribution in [-0.2, 0) is 0 Å². The lowest BCUT2D eigenvalue weighted by Crippen LogP contribution is -2.25. The van der Waals surface area contributed by atoms with Crippen molar-refractivity contribution in [3.63, 3.8) is 0 Å². The van der Waals surface area contributed by atoms with Gasteiger partial charge in [0.1, 0.15) is 11.8 Å². The Morgan fingerprint density at radius 1 is 1.50 bits per heavy atom. The number of nitrogens with two attached hydrogens (primary N) is 1. The molecule has 0 saturated heterocycles. The summed E-state index contributed by atoms with van der Waals surface area (Å²) in [5.41, 5.74) is 5.47. The maximum absolute atomic E-state index is 10.8. The van der Waals surface area contributed by atoms with Crippen LogP contribution >= 0.6 is 0 Å². The highest BCUT2D eigenvalue weighted by Crippen LogP contribution is 2.32. The van der Waals surface area contributed by atoms with Crippen molar-refractivity contribution in [2.75, 3.05) is 5.73 Å². The van der Waals surface area contributed by atoms with Crippen LogP contribution in [0.1, 0.15) is 25.0 Å². The molecule has 0 radical (unpaired) electrons. The number of aryl methyl sites for hydroxylation is 1. The van der Waals surface area contributed by atoms with Gasteiger partial charge in [0.2, 0.25) is 5.95 Å². The van der Waals surface area contributed by atoms with E-state index in [0.717, 1.165) is 19.3 Å². The van der Waals surface area contributed by atoms with E-state index in [1.807, 2.05) is 0 Å². The van der Waals surface area contributed by atoms with Crippen LogP contribution < -0.4 is 10.5 Å². The number of ether oxygens (including phenoxy) is 1. The predicted molar refractivity (Wildman–Crippen MR) is 56.1 cm³/mol. The molecule has 0 spiro atoms. The van der Waals surface area contributed by atoms with Crippen molar-refractivity contribution in [1.29, 1.82) is 0 Å². The summed E-state index contributed by atoms with van der Waals surface area (Å²) in [4.78, 5) is 17.8. The molecule has 0 atom stereocenters. The molecule has 16 heavy (non-hydrogen) atoms. The van der Waals surface area contributed by atoms with Gasteiger partial charge in [-0.3, -0.25) is 10.1 Å². The summed E-state index contributed by atoms with van der Waals surface area (Å²) in [6, 6.07) is 0. The van der Waals surface area contributed by atoms with Crippen LogP contribution in [0.15, 0.2) is 0 Å². The number of hydrogen-bond acceptors (Lipinski definition) is 6. The monoisotopic (exact) mass is 224 g/mol. The van der Waals surface area contributed by atoms with Gasteiger partial charge in [0, 0.05) is 0 Å². The van der Waals surface area contributed by atoms with Crippen molar-refractivity contribution in [3.05, 3.63) is 15.8 Å². The Balaban J connectivity index is 2.35. The van der Waals surface area contributed by atoms with E-state index < -0.39 is 4.92 Å². The third kappa shape index (κ3) is 1.88. The Bertz CT molecular complexity index is 431. The number of rotatable bonds is 3. The number of nitrogens with zero attached hydrogens (tertiary/aromatic N) is 3. The highest BCUT2D eigenvalue weighted by Gasteiger charge is 2.28. The molecule has 0 aromatic carbocycles. The normalized spacial score (nSPS) is 15.6. The van der Waals surface area contributed by atoms with Crippen molar-refractivity contribution >= 4 is 11.6 Å². The van der Waals surface area contributed by atoms with Crippen molar-refractivity contribution in [3.8, 4) is 5.88 Å². The van der Waals surface area contributed by atoms with Gasteiger partial charge in [-0.2, -0.15) is 4.98 Å². The SMILES string of the molecule is Cc1nc(N)nc(OC2CCC2)c1[N+](=O)[O-]. The molecular weight excluding hydrogens is 212 g/mol. The van der Waals surface area contributed by atoms with E-state index >= 15 is 0 Å². The lowest BCUT2D eigenvalue weighted by molar-refractivity contribution is -0.387. The van der Waals surface area contributed by atoms with Gasteiger partial charge < -0.3 is 10.5 Å². The van der Waals surface area contributed by atoms with Crippen LogP contribution in [0.25, 0.3) is 0 Å². The molecule has 1 fully saturated rings. The molecule has 7 nitrogen and oxygen atoms in total. The molecule has 1 saturated carbocycles. The number of hydrogen-bond donors (Lipinski definition) is 1. The Morgan fingerprint density at radius 2 is 2.19 bits per heavy atom. The molecule has 1 aromatic heterocycles. The van der Waals surface area contributed by atoms with Crippen molar-refractivity contribution in [1.82, 2.24) is 9.97 Å². The molecule has 0 unspecified atom stereocenters. The fourth-order valence-corrected chi connectivity index (χ4v) is 1.50. The van der Waals surface area contributed by atoms with Crippen LogP contribution in [0.3, 0.4) is 0 Å². The van der Waals surface area contributed by atoms with Crippen LogP contribution in [0.5, 0.6) is 5.88 Å². The maximum atomic E-state index is 10.8. The minimum Gasteiger partial charge on any atom is -0.469 e. The van der Waals surface area contributed by atoms with E-state index in [-0.39, 0.29) is 29.3 Å². The van der Waals surface area contributed by atoms with Gasteiger partial charge in [0.15, 0.2) is 0 Å². The first-order valence-electron chi connectivity index (χ1n) is 5.03. The predicted octanol–water partition coefficient (Wildman–Crippen LogP) is 1.21. The largest absolute Gasteiger partial charge is 0.469 e. The molecular formula is C9H12N4O3. The molecule has 1 heterocycles. The molecule has 2 N–H and O–H groups in total. The first-order chi connectivity index (χ1) is 7.58. The Hall–Kier alpha value is -1.92. The highest BCUT2D eigenvalue weighted by molar-refractivity contribution is 5.47. The van der Waals surface area contributed by atoms with E-state index in [4.69, 9.17) is 10.5 Å². The summed E-state index contributed by atoms with van der Waals surface area (Å²) < 4.78 is 5.43. The summed E-state index contributed by atoms with van der Waals surface area (Å²) in [5, 5.41) is 10.8. The lowest BCUT2D eigenvalue weighted by Gasteiger charge is -2.25. The molecule has 2 rings (SSSR count). The quantitative estimate of drug-likeness (QED) is 0.611. The molecule has 7 heteroatoms. The van der Waals surface area contributed by atoms with Gasteiger partial charge >= 0.3 is 5.69 Å². The summed E-state index contributed by atoms with van der Waals surface area (Å²) >= 11 is 0. The van der Waals surface area contributed by atoms with Gasteiger partial charge in [-0.25, -0.2) is 4.98 Å². The number of nitrogen functional groups attached to an aromatic ring is 1. The Labute approximate surface area is 91.8 Å². The smallest absolute Gasteiger partial charge is 0.352 e. The molecule has 1 aromatic rings. The number of anilines is 1. The average molecular weight is 224 g/mol. The zero-order valence-corrected chi connectivity index (χ0v) is 8.84. The highest BCUT2D eigenvalue weighted by atomic mass is 16.6. The maximum Gasteiger partial charge on any atom is 0.352 e. The second-order valence-electron chi connectivity index (χ2n) is 3.75. The molecule has 0 amide bonds. The third-order valence-electron chi connectivity index (χ3n) is 2.56.